The number of nitrogens with zero attached hydrogens (tertiary/aromatic N) is 1. The van der Waals surface area contributed by atoms with Crippen LogP contribution in [0.1, 0.15) is 12.8 Å². The van der Waals surface area contributed by atoms with Gasteiger partial charge in [0, 0.05) is 14.2 Å². The summed E-state index contributed by atoms with van der Waals surface area (Å²) in [5.41, 5.74) is 0. The molecule has 0 aromatic rings. The average molecular weight is 209 g/mol. The van der Waals surface area contributed by atoms with Gasteiger partial charge in [-0.05, 0) is 33.5 Å². The molecule has 0 aliphatic carbocycles. The zero-order chi connectivity index (χ0) is 10.1. The fourth-order valence-corrected chi connectivity index (χ4v) is 1.49. The van der Waals surface area contributed by atoms with Crippen LogP contribution in [0.2, 0.25) is 0 Å². The minimum atomic E-state index is -1.10. The van der Waals surface area contributed by atoms with E-state index in [1.54, 1.807) is 14.2 Å². The smallest absolute Gasteiger partial charge is 0.316 e. The zero-order valence-electron chi connectivity index (χ0n) is 8.95. The molecule has 0 spiro atoms. The lowest BCUT2D eigenvalue weighted by Gasteiger charge is -2.12. The van der Waals surface area contributed by atoms with E-state index in [1.807, 2.05) is 0 Å². The van der Waals surface area contributed by atoms with Crippen molar-refractivity contribution in [1.29, 1.82) is 0 Å². The number of hydrogen-bond donors (Lipinski definition) is 0. The Morgan fingerprint density at radius 3 is 2.15 bits per heavy atom. The van der Waals surface area contributed by atoms with Crippen LogP contribution in [0.25, 0.3) is 0 Å². The third kappa shape index (κ3) is 8.60. The summed E-state index contributed by atoms with van der Waals surface area (Å²) in [6.07, 6.45) is 2.19. The van der Waals surface area contributed by atoms with Crippen LogP contribution >= 0.6 is 8.60 Å². The Hall–Kier alpha value is 0.270. The maximum absolute atomic E-state index is 5.32. The van der Waals surface area contributed by atoms with Crippen LogP contribution < -0.4 is 0 Å². The molecule has 0 amide bonds. The number of unbranched alkanes of at least 4 members (excludes halogenated alkanes) is 1. The van der Waals surface area contributed by atoms with Crippen LogP contribution in [0, 0.1) is 0 Å². The number of hydrogen-bond acceptors (Lipinski definition) is 4. The molecule has 0 aliphatic heterocycles. The van der Waals surface area contributed by atoms with E-state index in [0.717, 1.165) is 19.4 Å². The molecular weight excluding hydrogens is 189 g/mol. The highest BCUT2D eigenvalue weighted by Gasteiger charge is 2.05. The Labute approximate surface area is 82.2 Å². The van der Waals surface area contributed by atoms with Gasteiger partial charge in [0.2, 0.25) is 0 Å². The van der Waals surface area contributed by atoms with Crippen molar-refractivity contribution in [3.8, 4) is 0 Å². The molecular formula is C8H20NO3P. The third-order valence-corrected chi connectivity index (χ3v) is 2.48. The van der Waals surface area contributed by atoms with Crippen molar-refractivity contribution in [3.63, 3.8) is 0 Å². The summed E-state index contributed by atoms with van der Waals surface area (Å²) >= 11 is 0. The maximum Gasteiger partial charge on any atom is 0.332 e. The van der Waals surface area contributed by atoms with Gasteiger partial charge >= 0.3 is 8.60 Å². The van der Waals surface area contributed by atoms with E-state index in [4.69, 9.17) is 13.6 Å². The summed E-state index contributed by atoms with van der Waals surface area (Å²) in [7, 11) is 6.22. The first-order valence-corrected chi connectivity index (χ1v) is 5.46. The summed E-state index contributed by atoms with van der Waals surface area (Å²) in [5, 5.41) is 0. The first-order chi connectivity index (χ1) is 6.20. The van der Waals surface area contributed by atoms with Gasteiger partial charge in [-0.3, -0.25) is 0 Å². The van der Waals surface area contributed by atoms with Crippen LogP contribution in [0.3, 0.4) is 0 Å². The molecule has 0 heterocycles. The topological polar surface area (TPSA) is 30.9 Å². The van der Waals surface area contributed by atoms with E-state index in [0.29, 0.717) is 6.61 Å². The van der Waals surface area contributed by atoms with E-state index >= 15 is 0 Å². The first-order valence-electron chi connectivity index (χ1n) is 4.36. The van der Waals surface area contributed by atoms with Gasteiger partial charge in [0.25, 0.3) is 0 Å². The molecule has 0 atom stereocenters. The molecule has 0 saturated heterocycles. The average Bonchev–Trinajstić information content (AvgIpc) is 2.11. The first kappa shape index (κ1) is 13.3. The minimum Gasteiger partial charge on any atom is -0.316 e. The molecule has 0 bridgehead atoms. The van der Waals surface area contributed by atoms with Gasteiger partial charge in [-0.25, -0.2) is 0 Å². The Balaban J connectivity index is 3.14. The van der Waals surface area contributed by atoms with Crippen LogP contribution in [-0.4, -0.2) is 46.4 Å². The quantitative estimate of drug-likeness (QED) is 0.451. The standard InChI is InChI=1S/C8H20NO3P/c1-9(2)7-5-6-8-12-13(10-3)11-4/h5-8H2,1-4H3. The maximum atomic E-state index is 5.32. The van der Waals surface area contributed by atoms with Crippen molar-refractivity contribution in [1.82, 2.24) is 4.90 Å². The van der Waals surface area contributed by atoms with E-state index in [1.165, 1.54) is 0 Å². The fourth-order valence-electron chi connectivity index (χ4n) is 0.849. The molecule has 0 aromatic heterocycles. The summed E-state index contributed by atoms with van der Waals surface area (Å²) in [6.45, 7) is 1.81. The van der Waals surface area contributed by atoms with E-state index in [9.17, 15) is 0 Å². The molecule has 0 fully saturated rings. The van der Waals surface area contributed by atoms with Crippen molar-refractivity contribution in [2.75, 3.05) is 41.5 Å². The molecule has 13 heavy (non-hydrogen) atoms. The molecule has 4 nitrogen and oxygen atoms in total. The second-order valence-electron chi connectivity index (χ2n) is 2.93. The summed E-state index contributed by atoms with van der Waals surface area (Å²) in [4.78, 5) is 2.16. The monoisotopic (exact) mass is 209 g/mol. The SMILES string of the molecule is COP(OC)OCCCCN(C)C. The molecule has 0 saturated carbocycles. The van der Waals surface area contributed by atoms with Gasteiger partial charge in [0.1, 0.15) is 0 Å². The van der Waals surface area contributed by atoms with Gasteiger partial charge in [-0.15, -0.1) is 0 Å². The highest BCUT2D eigenvalue weighted by Crippen LogP contribution is 2.37. The van der Waals surface area contributed by atoms with Gasteiger partial charge < -0.3 is 18.5 Å². The summed E-state index contributed by atoms with van der Waals surface area (Å²) in [5.74, 6) is 0. The second kappa shape index (κ2) is 8.85. The van der Waals surface area contributed by atoms with Crippen LogP contribution in [0.4, 0.5) is 0 Å². The van der Waals surface area contributed by atoms with Gasteiger partial charge in [-0.1, -0.05) is 0 Å². The molecule has 0 N–H and O–H groups in total. The Morgan fingerprint density at radius 1 is 1.08 bits per heavy atom. The van der Waals surface area contributed by atoms with E-state index < -0.39 is 8.60 Å². The highest BCUT2D eigenvalue weighted by atomic mass is 31.2. The van der Waals surface area contributed by atoms with Crippen molar-refractivity contribution in [3.05, 3.63) is 0 Å². The predicted molar refractivity (Wildman–Crippen MR) is 54.7 cm³/mol. The van der Waals surface area contributed by atoms with Crippen molar-refractivity contribution < 1.29 is 13.6 Å². The van der Waals surface area contributed by atoms with Crippen molar-refractivity contribution >= 4 is 8.60 Å². The molecule has 0 radical (unpaired) electrons. The lowest BCUT2D eigenvalue weighted by molar-refractivity contribution is 0.200. The van der Waals surface area contributed by atoms with Crippen molar-refractivity contribution in [2.24, 2.45) is 0 Å². The minimum absolute atomic E-state index is 0.710. The van der Waals surface area contributed by atoms with E-state index in [-0.39, 0.29) is 0 Å². The van der Waals surface area contributed by atoms with Crippen LogP contribution in [-0.2, 0) is 13.6 Å². The highest BCUT2D eigenvalue weighted by molar-refractivity contribution is 7.41. The normalized spacial score (nSPS) is 11.5. The molecule has 0 aromatic carbocycles. The fraction of sp³-hybridized carbons (Fsp3) is 1.00. The van der Waals surface area contributed by atoms with Gasteiger partial charge in [-0.2, -0.15) is 0 Å². The largest absolute Gasteiger partial charge is 0.332 e. The molecule has 80 valence electrons. The lowest BCUT2D eigenvalue weighted by Crippen LogP contribution is -2.13. The van der Waals surface area contributed by atoms with E-state index in [2.05, 4.69) is 19.0 Å². The Kier molecular flexibility index (Phi) is 9.03. The van der Waals surface area contributed by atoms with Crippen molar-refractivity contribution in [2.45, 2.75) is 12.8 Å². The summed E-state index contributed by atoms with van der Waals surface area (Å²) < 4.78 is 15.2. The Morgan fingerprint density at radius 2 is 1.69 bits per heavy atom. The van der Waals surface area contributed by atoms with Gasteiger partial charge in [0.15, 0.2) is 0 Å². The molecule has 0 unspecified atom stereocenters. The van der Waals surface area contributed by atoms with Gasteiger partial charge in [0.05, 0.1) is 6.61 Å². The zero-order valence-corrected chi connectivity index (χ0v) is 9.84. The molecule has 0 rings (SSSR count). The predicted octanol–water partition coefficient (Wildman–Crippen LogP) is 1.86. The molecule has 0 aliphatic rings. The lowest BCUT2D eigenvalue weighted by atomic mass is 10.3. The van der Waals surface area contributed by atoms with Crippen LogP contribution in [0.15, 0.2) is 0 Å². The number of rotatable bonds is 8. The van der Waals surface area contributed by atoms with Crippen LogP contribution in [0.5, 0.6) is 0 Å². The summed E-state index contributed by atoms with van der Waals surface area (Å²) in [6, 6.07) is 0. The third-order valence-electron chi connectivity index (χ3n) is 1.49. The second-order valence-corrected chi connectivity index (χ2v) is 4.37. The molecule has 5 heteroatoms. The Bertz CT molecular complexity index is 110.